The van der Waals surface area contributed by atoms with Gasteiger partial charge in [0.05, 0.1) is 21.3 Å². The molecule has 0 bridgehead atoms. The number of halogens is 6. The number of carbonyl (C=O) groups excluding carboxylic acids is 2. The lowest BCUT2D eigenvalue weighted by Crippen LogP contribution is -2.40. The zero-order chi connectivity index (χ0) is 31.4. The van der Waals surface area contributed by atoms with Gasteiger partial charge in [0.1, 0.15) is 35.2 Å². The number of nitrogens with two attached hydrogens (primary N) is 1. The fourth-order valence-corrected chi connectivity index (χ4v) is 5.33. The lowest BCUT2D eigenvalue weighted by Gasteiger charge is -2.24. The van der Waals surface area contributed by atoms with Gasteiger partial charge < -0.3 is 15.8 Å². The van der Waals surface area contributed by atoms with Crippen molar-refractivity contribution >= 4 is 45.9 Å². The molecule has 0 radical (unpaired) electrons. The Morgan fingerprint density at radius 3 is 2.47 bits per heavy atom. The number of ether oxygens (including phenoxy) is 1. The molecule has 5 rings (SSSR count). The molecule has 224 valence electrons. The van der Waals surface area contributed by atoms with Crippen LogP contribution in [0.3, 0.4) is 0 Å². The Labute approximate surface area is 253 Å². The van der Waals surface area contributed by atoms with Crippen molar-refractivity contribution in [1.29, 1.82) is 0 Å². The van der Waals surface area contributed by atoms with E-state index in [1.807, 2.05) is 13.8 Å². The molecular formula is C30H24Cl2F4N4O3. The average molecular weight is 635 g/mol. The van der Waals surface area contributed by atoms with Gasteiger partial charge in [-0.05, 0) is 68.8 Å². The molecule has 2 amide bonds. The zero-order valence-corrected chi connectivity index (χ0v) is 24.5. The number of alkyl halides is 3. The maximum Gasteiger partial charge on any atom is 0.398 e. The first-order chi connectivity index (χ1) is 20.1. The maximum atomic E-state index is 14.6. The smallest absolute Gasteiger partial charge is 0.398 e. The van der Waals surface area contributed by atoms with E-state index >= 15 is 0 Å². The number of amides is 2. The average Bonchev–Trinajstić information content (AvgIpc) is 3.28. The molecule has 0 saturated heterocycles. The van der Waals surface area contributed by atoms with Gasteiger partial charge in [-0.1, -0.05) is 23.2 Å². The molecule has 3 N–H and O–H groups in total. The molecule has 1 aliphatic heterocycles. The van der Waals surface area contributed by atoms with Crippen molar-refractivity contribution in [3.8, 4) is 17.0 Å². The Balaban J connectivity index is 1.55. The number of pyridine rings is 2. The first kappa shape index (κ1) is 30.5. The molecule has 2 aromatic carbocycles. The van der Waals surface area contributed by atoms with E-state index in [9.17, 15) is 27.2 Å². The van der Waals surface area contributed by atoms with Gasteiger partial charge in [0.2, 0.25) is 5.91 Å². The topological polar surface area (TPSA) is 107 Å². The summed E-state index contributed by atoms with van der Waals surface area (Å²) in [7, 11) is 0. The Kier molecular flexibility index (Phi) is 7.77. The first-order valence-electron chi connectivity index (χ1n) is 13.0. The minimum Gasteiger partial charge on any atom is -0.489 e. The quantitative estimate of drug-likeness (QED) is 0.233. The number of fused-ring (bicyclic) bond motifs is 2. The van der Waals surface area contributed by atoms with Crippen molar-refractivity contribution in [3.63, 3.8) is 0 Å². The molecule has 4 aromatic rings. The second-order valence-corrected chi connectivity index (χ2v) is 11.4. The number of nitrogens with one attached hydrogen (secondary N) is 1. The van der Waals surface area contributed by atoms with Gasteiger partial charge in [0.25, 0.3) is 5.91 Å². The summed E-state index contributed by atoms with van der Waals surface area (Å²) in [5.41, 5.74) is 5.91. The van der Waals surface area contributed by atoms with Crippen molar-refractivity contribution in [1.82, 2.24) is 15.3 Å². The van der Waals surface area contributed by atoms with Crippen LogP contribution in [-0.4, -0.2) is 41.1 Å². The van der Waals surface area contributed by atoms with Crippen LogP contribution in [0.2, 0.25) is 10.0 Å². The monoisotopic (exact) mass is 634 g/mol. The van der Waals surface area contributed by atoms with E-state index in [2.05, 4.69) is 15.3 Å². The molecule has 43 heavy (non-hydrogen) atoms. The van der Waals surface area contributed by atoms with Crippen LogP contribution in [0.4, 0.5) is 17.6 Å². The normalized spacial score (nSPS) is 17.0. The summed E-state index contributed by atoms with van der Waals surface area (Å²) in [5.74, 6) is -4.64. The molecule has 0 unspecified atom stereocenters. The number of hydrogen-bond donors (Lipinski definition) is 2. The second kappa shape index (κ2) is 10.9. The first-order valence-corrected chi connectivity index (χ1v) is 13.7. The summed E-state index contributed by atoms with van der Waals surface area (Å²) >= 11 is 12.3. The van der Waals surface area contributed by atoms with Crippen LogP contribution in [0.25, 0.3) is 22.2 Å². The van der Waals surface area contributed by atoms with E-state index in [0.29, 0.717) is 10.9 Å². The van der Waals surface area contributed by atoms with Crippen molar-refractivity contribution < 1.29 is 31.9 Å². The fourth-order valence-electron chi connectivity index (χ4n) is 4.88. The number of rotatable bonds is 6. The molecule has 0 aliphatic carbocycles. The summed E-state index contributed by atoms with van der Waals surface area (Å²) in [6.07, 6.45) is -4.88. The van der Waals surface area contributed by atoms with Crippen LogP contribution in [0, 0.1) is 19.7 Å². The van der Waals surface area contributed by atoms with Crippen molar-refractivity contribution in [2.75, 3.05) is 13.2 Å². The number of primary amides is 1. The molecule has 13 heteroatoms. The minimum absolute atomic E-state index is 0.0302. The molecule has 3 heterocycles. The molecule has 2 atom stereocenters. The van der Waals surface area contributed by atoms with Crippen molar-refractivity contribution in [3.05, 3.63) is 86.4 Å². The van der Waals surface area contributed by atoms with Crippen molar-refractivity contribution in [2.45, 2.75) is 38.3 Å². The third kappa shape index (κ3) is 5.59. The van der Waals surface area contributed by atoms with Crippen molar-refractivity contribution in [2.24, 2.45) is 5.73 Å². The summed E-state index contributed by atoms with van der Waals surface area (Å²) in [6.45, 7) is 3.95. The number of hydrogen-bond acceptors (Lipinski definition) is 5. The van der Waals surface area contributed by atoms with E-state index in [1.165, 1.54) is 31.2 Å². The van der Waals surface area contributed by atoms with Crippen LogP contribution < -0.4 is 15.8 Å². The standard InChI is InChI=1S/C30H24Cl2F4N4O3/c1-13-6-16-7-17(9-21(32)24(16)39-14(13)2)27(41)38-11-19(30(34,35)36)23-10-18-26(43-12-29(18,3)28(37)42)25(40-23)15-4-5-22(33)20(31)8-15/h4-10,19H,11-12H2,1-3H3,(H2,37,42)(H,38,41)/t19-,29+/m1/s1. The van der Waals surface area contributed by atoms with Gasteiger partial charge in [-0.25, -0.2) is 9.37 Å². The highest BCUT2D eigenvalue weighted by Crippen LogP contribution is 2.47. The van der Waals surface area contributed by atoms with Gasteiger partial charge in [-0.2, -0.15) is 13.2 Å². The molecule has 0 fully saturated rings. The summed E-state index contributed by atoms with van der Waals surface area (Å²) in [6, 6.07) is 9.24. The van der Waals surface area contributed by atoms with Crippen LogP contribution in [0.15, 0.2) is 42.5 Å². The third-order valence-corrected chi connectivity index (χ3v) is 8.20. The molecule has 2 aromatic heterocycles. The van der Waals surface area contributed by atoms with Crippen LogP contribution >= 0.6 is 23.2 Å². The largest absolute Gasteiger partial charge is 0.489 e. The lowest BCUT2D eigenvalue weighted by molar-refractivity contribution is -0.149. The van der Waals surface area contributed by atoms with Crippen LogP contribution in [0.5, 0.6) is 5.75 Å². The van der Waals surface area contributed by atoms with E-state index < -0.39 is 47.4 Å². The predicted octanol–water partition coefficient (Wildman–Crippen LogP) is 6.57. The van der Waals surface area contributed by atoms with E-state index in [-0.39, 0.29) is 44.8 Å². The zero-order valence-electron chi connectivity index (χ0n) is 23.0. The van der Waals surface area contributed by atoms with E-state index in [4.69, 9.17) is 33.7 Å². The number of aryl methyl sites for hydroxylation is 2. The Hall–Kier alpha value is -3.96. The molecule has 0 spiro atoms. The fraction of sp³-hybridized carbons (Fsp3) is 0.267. The van der Waals surface area contributed by atoms with E-state index in [1.54, 1.807) is 6.07 Å². The minimum atomic E-state index is -4.88. The summed E-state index contributed by atoms with van der Waals surface area (Å²) in [5, 5.41) is 2.78. The lowest BCUT2D eigenvalue weighted by atomic mass is 9.82. The summed E-state index contributed by atoms with van der Waals surface area (Å²) < 4.78 is 63.3. The van der Waals surface area contributed by atoms with E-state index in [0.717, 1.165) is 23.4 Å². The SMILES string of the molecule is Cc1cc2cc(C(=O)NC[C@H](c3cc4c(c(-c5ccc(F)c(Cl)c5)n3)OC[C@]4(C)C(N)=O)C(F)(F)F)cc(Cl)c2nc1C. The van der Waals surface area contributed by atoms with Crippen LogP contribution in [0.1, 0.15) is 45.7 Å². The number of benzene rings is 2. The molecule has 7 nitrogen and oxygen atoms in total. The van der Waals surface area contributed by atoms with Gasteiger partial charge in [-0.15, -0.1) is 0 Å². The molecular weight excluding hydrogens is 611 g/mol. The van der Waals surface area contributed by atoms with Gasteiger partial charge >= 0.3 is 6.18 Å². The Morgan fingerprint density at radius 2 is 1.81 bits per heavy atom. The maximum absolute atomic E-state index is 14.6. The highest BCUT2D eigenvalue weighted by molar-refractivity contribution is 6.35. The number of nitrogens with zero attached hydrogens (tertiary/aromatic N) is 2. The molecule has 1 aliphatic rings. The predicted molar refractivity (Wildman–Crippen MR) is 154 cm³/mol. The van der Waals surface area contributed by atoms with Gasteiger partial charge in [0.15, 0.2) is 0 Å². The Morgan fingerprint density at radius 1 is 1.09 bits per heavy atom. The number of aromatic nitrogens is 2. The molecule has 0 saturated carbocycles. The highest BCUT2D eigenvalue weighted by Gasteiger charge is 2.47. The second-order valence-electron chi connectivity index (χ2n) is 10.6. The third-order valence-electron chi connectivity index (χ3n) is 7.63. The highest BCUT2D eigenvalue weighted by atomic mass is 35.5. The summed E-state index contributed by atoms with van der Waals surface area (Å²) in [4.78, 5) is 34.1. The number of carbonyl (C=O) groups is 2. The Bertz CT molecular complexity index is 1820. The van der Waals surface area contributed by atoms with Gasteiger partial charge in [-0.3, -0.25) is 14.6 Å². The van der Waals surface area contributed by atoms with Crippen LogP contribution in [-0.2, 0) is 10.2 Å². The van der Waals surface area contributed by atoms with Gasteiger partial charge in [0, 0.05) is 34.3 Å².